The maximum Gasteiger partial charge on any atom is 0.256 e. The smallest absolute Gasteiger partial charge is 0.256 e. The Labute approximate surface area is 123 Å². The van der Waals surface area contributed by atoms with E-state index in [0.29, 0.717) is 12.1 Å². The van der Waals surface area contributed by atoms with Crippen molar-refractivity contribution in [1.82, 2.24) is 9.88 Å². The van der Waals surface area contributed by atoms with E-state index >= 15 is 0 Å². The van der Waals surface area contributed by atoms with E-state index in [4.69, 9.17) is 0 Å². The normalized spacial score (nSPS) is 10.3. The number of nitrogens with one attached hydrogen (secondary N) is 1. The molecule has 0 unspecified atom stereocenters. The van der Waals surface area contributed by atoms with Crippen molar-refractivity contribution in [1.29, 1.82) is 0 Å². The Morgan fingerprint density at radius 3 is 3.00 bits per heavy atom. The average molecular weight is 289 g/mol. The van der Waals surface area contributed by atoms with Crippen LogP contribution >= 0.6 is 11.3 Å². The fraction of sp³-hybridized carbons (Fsp3) is 0.333. The molecule has 20 heavy (non-hydrogen) atoms. The lowest BCUT2D eigenvalue weighted by molar-refractivity contribution is 0.0787. The SMILES string of the molecule is CCCNc1cnccc1C(=O)N(C)Cc1cccs1. The molecule has 0 aliphatic rings. The van der Waals surface area contributed by atoms with E-state index in [2.05, 4.69) is 17.2 Å². The molecule has 4 nitrogen and oxygen atoms in total. The van der Waals surface area contributed by atoms with E-state index < -0.39 is 0 Å². The molecule has 0 aliphatic carbocycles. The van der Waals surface area contributed by atoms with Crippen molar-refractivity contribution in [2.75, 3.05) is 18.9 Å². The molecule has 1 N–H and O–H groups in total. The summed E-state index contributed by atoms with van der Waals surface area (Å²) in [6, 6.07) is 5.81. The molecule has 2 aromatic rings. The van der Waals surface area contributed by atoms with Crippen LogP contribution in [-0.2, 0) is 6.54 Å². The molecule has 106 valence electrons. The van der Waals surface area contributed by atoms with Gasteiger partial charge in [0.25, 0.3) is 5.91 Å². The molecule has 0 saturated heterocycles. The highest BCUT2D eigenvalue weighted by Gasteiger charge is 2.16. The van der Waals surface area contributed by atoms with Gasteiger partial charge in [-0.1, -0.05) is 13.0 Å². The number of pyridine rings is 1. The third-order valence-electron chi connectivity index (χ3n) is 2.94. The fourth-order valence-corrected chi connectivity index (χ4v) is 2.65. The van der Waals surface area contributed by atoms with Crippen LogP contribution in [0, 0.1) is 0 Å². The van der Waals surface area contributed by atoms with Gasteiger partial charge in [-0.05, 0) is 23.9 Å². The van der Waals surface area contributed by atoms with Crippen LogP contribution in [-0.4, -0.2) is 29.4 Å². The summed E-state index contributed by atoms with van der Waals surface area (Å²) in [5, 5.41) is 5.27. The van der Waals surface area contributed by atoms with E-state index in [1.54, 1.807) is 34.7 Å². The van der Waals surface area contributed by atoms with E-state index in [-0.39, 0.29) is 5.91 Å². The van der Waals surface area contributed by atoms with Gasteiger partial charge in [0.05, 0.1) is 24.0 Å². The quantitative estimate of drug-likeness (QED) is 0.888. The maximum atomic E-state index is 12.5. The summed E-state index contributed by atoms with van der Waals surface area (Å²) in [5.74, 6) is 0.0133. The largest absolute Gasteiger partial charge is 0.383 e. The number of thiophene rings is 1. The molecule has 0 aromatic carbocycles. The molecule has 0 saturated carbocycles. The predicted molar refractivity (Wildman–Crippen MR) is 83.1 cm³/mol. The molecule has 0 bridgehead atoms. The zero-order valence-electron chi connectivity index (χ0n) is 11.8. The molecular weight excluding hydrogens is 270 g/mol. The summed E-state index contributed by atoms with van der Waals surface area (Å²) in [4.78, 5) is 19.5. The van der Waals surface area contributed by atoms with E-state index in [9.17, 15) is 4.79 Å². The molecule has 0 fully saturated rings. The minimum absolute atomic E-state index is 0.0133. The number of hydrogen-bond donors (Lipinski definition) is 1. The number of rotatable bonds is 6. The van der Waals surface area contributed by atoms with Crippen LogP contribution in [0.3, 0.4) is 0 Å². The summed E-state index contributed by atoms with van der Waals surface area (Å²) in [7, 11) is 1.83. The summed E-state index contributed by atoms with van der Waals surface area (Å²) < 4.78 is 0. The Morgan fingerprint density at radius 1 is 1.45 bits per heavy atom. The van der Waals surface area contributed by atoms with Gasteiger partial charge in [-0.25, -0.2) is 0 Å². The molecule has 0 atom stereocenters. The first kappa shape index (κ1) is 14.5. The summed E-state index contributed by atoms with van der Waals surface area (Å²) >= 11 is 1.66. The Hall–Kier alpha value is -1.88. The van der Waals surface area contributed by atoms with Gasteiger partial charge in [-0.15, -0.1) is 11.3 Å². The van der Waals surface area contributed by atoms with Gasteiger partial charge in [0.2, 0.25) is 0 Å². The number of aromatic nitrogens is 1. The van der Waals surface area contributed by atoms with E-state index in [1.165, 1.54) is 4.88 Å². The van der Waals surface area contributed by atoms with Crippen molar-refractivity contribution in [3.8, 4) is 0 Å². The summed E-state index contributed by atoms with van der Waals surface area (Å²) in [6.45, 7) is 3.56. The number of carbonyl (C=O) groups excluding carboxylic acids is 1. The van der Waals surface area contributed by atoms with Crippen LogP contribution < -0.4 is 5.32 Å². The van der Waals surface area contributed by atoms with Crippen molar-refractivity contribution in [3.63, 3.8) is 0 Å². The van der Waals surface area contributed by atoms with Crippen molar-refractivity contribution >= 4 is 22.9 Å². The first-order valence-electron chi connectivity index (χ1n) is 6.68. The van der Waals surface area contributed by atoms with E-state index in [0.717, 1.165) is 18.7 Å². The highest BCUT2D eigenvalue weighted by atomic mass is 32.1. The van der Waals surface area contributed by atoms with Gasteiger partial charge in [0.15, 0.2) is 0 Å². The number of nitrogens with zero attached hydrogens (tertiary/aromatic N) is 2. The second-order valence-corrected chi connectivity index (χ2v) is 5.62. The van der Waals surface area contributed by atoms with Crippen molar-refractivity contribution in [2.24, 2.45) is 0 Å². The van der Waals surface area contributed by atoms with Crippen molar-refractivity contribution < 1.29 is 4.79 Å². The van der Waals surface area contributed by atoms with E-state index in [1.807, 2.05) is 24.6 Å². The zero-order chi connectivity index (χ0) is 14.4. The molecule has 0 radical (unpaired) electrons. The van der Waals surface area contributed by atoms with Crippen molar-refractivity contribution in [3.05, 3.63) is 46.4 Å². The fourth-order valence-electron chi connectivity index (χ4n) is 1.90. The molecular formula is C15H19N3OS. The number of hydrogen-bond acceptors (Lipinski definition) is 4. The lowest BCUT2D eigenvalue weighted by atomic mass is 10.2. The third-order valence-corrected chi connectivity index (χ3v) is 3.80. The summed E-state index contributed by atoms with van der Waals surface area (Å²) in [6.07, 6.45) is 4.37. The monoisotopic (exact) mass is 289 g/mol. The molecule has 2 heterocycles. The topological polar surface area (TPSA) is 45.2 Å². The minimum Gasteiger partial charge on any atom is -0.383 e. The molecule has 1 amide bonds. The van der Waals surface area contributed by atoms with Crippen molar-refractivity contribution in [2.45, 2.75) is 19.9 Å². The third kappa shape index (κ3) is 3.57. The van der Waals surface area contributed by atoms with Gasteiger partial charge in [-0.2, -0.15) is 0 Å². The minimum atomic E-state index is 0.0133. The highest BCUT2D eigenvalue weighted by molar-refractivity contribution is 7.09. The lowest BCUT2D eigenvalue weighted by Crippen LogP contribution is -2.26. The lowest BCUT2D eigenvalue weighted by Gasteiger charge is -2.18. The maximum absolute atomic E-state index is 12.5. The molecule has 5 heteroatoms. The molecule has 2 rings (SSSR count). The Morgan fingerprint density at radius 2 is 2.30 bits per heavy atom. The van der Waals surface area contributed by atoms with Crippen LogP contribution in [0.1, 0.15) is 28.6 Å². The van der Waals surface area contributed by atoms with Crippen LogP contribution in [0.5, 0.6) is 0 Å². The molecule has 2 aromatic heterocycles. The van der Waals surface area contributed by atoms with Crippen LogP contribution in [0.25, 0.3) is 0 Å². The first-order chi connectivity index (χ1) is 9.72. The Kier molecular flexibility index (Phi) is 5.12. The van der Waals surface area contributed by atoms with Gasteiger partial charge in [0.1, 0.15) is 0 Å². The standard InChI is InChI=1S/C15H19N3OS/c1-3-7-17-14-10-16-8-6-13(14)15(19)18(2)11-12-5-4-9-20-12/h4-6,8-10,17H,3,7,11H2,1-2H3. The van der Waals surface area contributed by atoms with Gasteiger partial charge in [-0.3, -0.25) is 9.78 Å². The first-order valence-corrected chi connectivity index (χ1v) is 7.56. The van der Waals surface area contributed by atoms with Crippen LogP contribution in [0.4, 0.5) is 5.69 Å². The van der Waals surface area contributed by atoms with Crippen LogP contribution in [0.15, 0.2) is 36.0 Å². The summed E-state index contributed by atoms with van der Waals surface area (Å²) in [5.41, 5.74) is 1.48. The predicted octanol–water partition coefficient (Wildman–Crippen LogP) is 3.24. The highest BCUT2D eigenvalue weighted by Crippen LogP contribution is 2.18. The zero-order valence-corrected chi connectivity index (χ0v) is 12.6. The molecule has 0 aliphatic heterocycles. The van der Waals surface area contributed by atoms with Gasteiger partial charge in [0, 0.05) is 24.7 Å². The Balaban J connectivity index is 2.11. The number of amides is 1. The second-order valence-electron chi connectivity index (χ2n) is 4.59. The average Bonchev–Trinajstić information content (AvgIpc) is 2.97. The number of anilines is 1. The number of carbonyl (C=O) groups is 1. The molecule has 0 spiro atoms. The van der Waals surface area contributed by atoms with Crippen LogP contribution in [0.2, 0.25) is 0 Å². The Bertz CT molecular complexity index is 554. The van der Waals surface area contributed by atoms with Gasteiger partial charge < -0.3 is 10.2 Å². The second kappa shape index (κ2) is 7.05. The van der Waals surface area contributed by atoms with Gasteiger partial charge >= 0.3 is 0 Å².